The number of unbranched alkanes of at least 4 members (excludes halogenated alkanes) is 1. The van der Waals surface area contributed by atoms with Gasteiger partial charge in [0.1, 0.15) is 10.0 Å². The first-order chi connectivity index (χ1) is 24.6. The molecule has 1 rings (SSSR count). The smallest absolute Gasteiger partial charge is 0.465 e. The summed E-state index contributed by atoms with van der Waals surface area (Å²) in [6.07, 6.45) is 7.88. The van der Waals surface area contributed by atoms with Crippen LogP contribution in [0.1, 0.15) is 118 Å². The zero-order chi connectivity index (χ0) is 41.5. The van der Waals surface area contributed by atoms with Gasteiger partial charge in [-0.3, -0.25) is 9.59 Å². The first-order valence-corrected chi connectivity index (χ1v) is 22.8. The van der Waals surface area contributed by atoms with E-state index in [2.05, 4.69) is 13.8 Å². The van der Waals surface area contributed by atoms with E-state index in [9.17, 15) is 39.6 Å². The van der Waals surface area contributed by atoms with Crippen molar-refractivity contribution in [2.24, 2.45) is 17.8 Å². The van der Waals surface area contributed by atoms with Gasteiger partial charge in [0, 0.05) is 32.3 Å². The third kappa shape index (κ3) is 22.0. The molecule has 54 heavy (non-hydrogen) atoms. The van der Waals surface area contributed by atoms with Gasteiger partial charge in [-0.1, -0.05) is 86.8 Å². The number of halogens is 3. The predicted molar refractivity (Wildman–Crippen MR) is 201 cm³/mol. The zero-order valence-corrected chi connectivity index (χ0v) is 38.9. The van der Waals surface area contributed by atoms with E-state index in [-0.39, 0.29) is 59.2 Å². The van der Waals surface area contributed by atoms with Crippen molar-refractivity contribution in [2.75, 3.05) is 34.5 Å². The molecule has 0 saturated carbocycles. The Balaban J connectivity index is -0.000000728. The molecule has 0 N–H and O–H groups in total. The van der Waals surface area contributed by atoms with Gasteiger partial charge in [-0.05, 0) is 61.6 Å². The van der Waals surface area contributed by atoms with E-state index >= 15 is 0 Å². The van der Waals surface area contributed by atoms with Crippen molar-refractivity contribution in [1.82, 2.24) is 0 Å². The van der Waals surface area contributed by atoms with Gasteiger partial charge < -0.3 is 26.9 Å². The summed E-state index contributed by atoms with van der Waals surface area (Å²) in [6.45, 7) is 16.9. The maximum atomic E-state index is 12.1. The molecule has 19 heteroatoms. The number of benzene rings is 1. The third-order valence-corrected chi connectivity index (χ3v) is 14.5. The van der Waals surface area contributed by atoms with E-state index in [1.165, 1.54) is 31.4 Å². The summed E-state index contributed by atoms with van der Waals surface area (Å²) in [4.78, 5) is 22.2. The minimum absolute atomic E-state index is 0. The van der Waals surface area contributed by atoms with Crippen LogP contribution in [0.5, 0.6) is 0 Å². The van der Waals surface area contributed by atoms with Gasteiger partial charge in [0.25, 0.3) is 0 Å². The minimum Gasteiger partial charge on any atom is -0.465 e. The maximum Gasteiger partial charge on any atom is 1.00 e. The summed E-state index contributed by atoms with van der Waals surface area (Å²) >= 11 is 0. The van der Waals surface area contributed by atoms with Gasteiger partial charge in [-0.25, -0.2) is 16.8 Å². The van der Waals surface area contributed by atoms with Crippen LogP contribution < -0.4 is 29.6 Å². The summed E-state index contributed by atoms with van der Waals surface area (Å²) in [7, 11) is -8.83. The van der Waals surface area contributed by atoms with Crippen molar-refractivity contribution in [2.45, 2.75) is 129 Å². The van der Waals surface area contributed by atoms with E-state index in [1.54, 1.807) is 21.3 Å². The predicted octanol–water partition coefficient (Wildman–Crippen LogP) is 5.75. The summed E-state index contributed by atoms with van der Waals surface area (Å²) in [5.41, 5.74) is -4.97. The second-order valence-electron chi connectivity index (χ2n) is 12.6. The van der Waals surface area contributed by atoms with Gasteiger partial charge in [0.2, 0.25) is 0 Å². The molecule has 1 aromatic rings. The quantitative estimate of drug-likeness (QED) is 0.0794. The molecule has 12 nitrogen and oxygen atoms in total. The molecule has 0 spiro atoms. The van der Waals surface area contributed by atoms with Crippen LogP contribution in [0.4, 0.5) is 13.2 Å². The Hall–Kier alpha value is -1.09. The van der Waals surface area contributed by atoms with Crippen LogP contribution in [-0.2, 0) is 52.4 Å². The van der Waals surface area contributed by atoms with Crippen molar-refractivity contribution >= 4 is 40.8 Å². The van der Waals surface area contributed by atoms with Crippen molar-refractivity contribution in [1.29, 1.82) is 0 Å². The molecule has 0 saturated heterocycles. The van der Waals surface area contributed by atoms with Crippen LogP contribution in [0, 0.1) is 17.8 Å². The topological polar surface area (TPSA) is 163 Å². The average Bonchev–Trinajstić information content (AvgIpc) is 3.13. The number of hydrogen-bond donors (Lipinski definition) is 0. The molecule has 4 atom stereocenters. The number of esters is 2. The van der Waals surface area contributed by atoms with E-state index in [0.29, 0.717) is 31.6 Å². The normalized spacial score (nSPS) is 14.1. The van der Waals surface area contributed by atoms with Gasteiger partial charge in [-0.2, -0.15) is 13.2 Å². The summed E-state index contributed by atoms with van der Waals surface area (Å²) in [5, 5.41) is 0. The number of sulfonamides is 2. The van der Waals surface area contributed by atoms with Crippen LogP contribution in [0.2, 0.25) is 6.04 Å². The van der Waals surface area contributed by atoms with Gasteiger partial charge in [-0.15, -0.1) is 0 Å². The zero-order valence-electron chi connectivity index (χ0n) is 34.3. The summed E-state index contributed by atoms with van der Waals surface area (Å²) in [5.74, 6) is 0.521. The SMILES string of the molecule is CCC(C)C(=O)OCCC[Si](OC)(OC)OC.CCC(C)c1ccc(S(=O)(=O)[N-]S(=O)(=O)C(F)(F)F)cc1.CCCCC(CC)COC(=O)C(C)CC.[Na+]. The fraction of sp³-hybridized carbons (Fsp3) is 0.771. The fourth-order valence-electron chi connectivity index (χ4n) is 4.15. The first-order valence-electron chi connectivity index (χ1n) is 18.0. The molecule has 0 heterocycles. The number of carbonyl (C=O) groups excluding carboxylic acids is 2. The number of carbonyl (C=O) groups is 2. The summed E-state index contributed by atoms with van der Waals surface area (Å²) < 4.78 is 109. The molecule has 1 aromatic carbocycles. The monoisotopic (exact) mass is 845 g/mol. The summed E-state index contributed by atoms with van der Waals surface area (Å²) in [6, 6.07) is 5.54. The van der Waals surface area contributed by atoms with Crippen LogP contribution >= 0.6 is 0 Å². The Morgan fingerprint density at radius 1 is 0.759 bits per heavy atom. The third-order valence-electron chi connectivity index (χ3n) is 8.69. The Bertz CT molecular complexity index is 1380. The molecule has 0 fully saturated rings. The molecule has 0 amide bonds. The number of ether oxygens (including phenoxy) is 2. The molecular formula is C35H63F3NNaO11S2Si. The number of hydrogen-bond acceptors (Lipinski definition) is 11. The van der Waals surface area contributed by atoms with Crippen molar-refractivity contribution in [3.05, 3.63) is 34.0 Å². The molecule has 312 valence electrons. The van der Waals surface area contributed by atoms with E-state index < -0.39 is 39.3 Å². The standard InChI is InChI=1S/C13H26O2.C11H13F3NO4S2.C11H24O5Si.Na/c1-5-8-9-12(7-3)10-15-13(14)11(4)6-2;1-3-8(2)9-4-6-10(7-5-9)20(16,17)15-21(18,19)11(12,13)14;1-6-10(2)11(12)16-8-7-9-17(13-3,14-4)15-5;/h11-12H,5-10H2,1-4H3;4-8H,3H2,1-2H3;10H,6-9H2,1-5H3;/q;-1;;+1. The van der Waals surface area contributed by atoms with E-state index in [1.807, 2.05) is 45.7 Å². The van der Waals surface area contributed by atoms with Gasteiger partial charge >= 0.3 is 55.8 Å². The molecular weight excluding hydrogens is 783 g/mol. The first kappa shape index (κ1) is 57.2. The van der Waals surface area contributed by atoms with Gasteiger partial charge in [0.15, 0.2) is 10.0 Å². The molecule has 4 unspecified atom stereocenters. The number of rotatable bonds is 22. The molecule has 0 aliphatic rings. The minimum atomic E-state index is -6.10. The maximum absolute atomic E-state index is 12.1. The second kappa shape index (κ2) is 29.2. The molecule has 0 aliphatic heterocycles. The number of nitrogens with zero attached hydrogens (tertiary/aromatic N) is 1. The van der Waals surface area contributed by atoms with Crippen molar-refractivity contribution in [3.8, 4) is 0 Å². The van der Waals surface area contributed by atoms with Crippen LogP contribution in [0.25, 0.3) is 4.13 Å². The average molecular weight is 846 g/mol. The van der Waals surface area contributed by atoms with E-state index in [4.69, 9.17) is 22.8 Å². The van der Waals surface area contributed by atoms with Crippen molar-refractivity contribution < 1.29 is 91.9 Å². The Morgan fingerprint density at radius 2 is 1.24 bits per heavy atom. The molecule has 0 bridgehead atoms. The Kier molecular flexibility index (Phi) is 30.9. The van der Waals surface area contributed by atoms with Gasteiger partial charge in [0.05, 0.1) is 25.0 Å². The molecule has 0 radical (unpaired) electrons. The fourth-order valence-corrected chi connectivity index (χ4v) is 8.04. The Morgan fingerprint density at radius 3 is 1.63 bits per heavy atom. The van der Waals surface area contributed by atoms with E-state index in [0.717, 1.165) is 43.4 Å². The van der Waals surface area contributed by atoms with Crippen molar-refractivity contribution in [3.63, 3.8) is 0 Å². The van der Waals surface area contributed by atoms with Crippen LogP contribution in [-0.4, -0.2) is 77.6 Å². The molecule has 0 aromatic heterocycles. The van der Waals surface area contributed by atoms with Crippen LogP contribution in [0.15, 0.2) is 29.2 Å². The van der Waals surface area contributed by atoms with Crippen LogP contribution in [0.3, 0.4) is 0 Å². The largest absolute Gasteiger partial charge is 1.00 e. The second-order valence-corrected chi connectivity index (χ2v) is 19.1. The Labute approximate surface area is 346 Å². The molecule has 0 aliphatic carbocycles. The number of alkyl halides is 3.